The van der Waals surface area contributed by atoms with Crippen molar-refractivity contribution < 1.29 is 22.4 Å². The minimum atomic E-state index is -4.29. The van der Waals surface area contributed by atoms with Crippen LogP contribution in [0.3, 0.4) is 0 Å². The van der Waals surface area contributed by atoms with E-state index >= 15 is 0 Å². The van der Waals surface area contributed by atoms with E-state index in [4.69, 9.17) is 4.42 Å². The highest BCUT2D eigenvalue weighted by Gasteiger charge is 2.28. The molecule has 1 heterocycles. The molecule has 0 aromatic carbocycles. The Kier molecular flexibility index (Phi) is 4.86. The zero-order valence-corrected chi connectivity index (χ0v) is 9.65. The van der Waals surface area contributed by atoms with Gasteiger partial charge in [-0.15, -0.1) is 0 Å². The second-order valence-corrected chi connectivity index (χ2v) is 3.67. The monoisotopic (exact) mass is 268 g/mol. The van der Waals surface area contributed by atoms with Gasteiger partial charge in [-0.3, -0.25) is 4.79 Å². The molecule has 0 bridgehead atoms. The molecule has 1 aromatic heterocycles. The smallest absolute Gasteiger partial charge is 0.389 e. The zero-order chi connectivity index (χ0) is 12.9. The lowest BCUT2D eigenvalue weighted by Crippen LogP contribution is -2.26. The van der Waals surface area contributed by atoms with Crippen molar-refractivity contribution in [1.82, 2.24) is 10.3 Å². The van der Waals surface area contributed by atoms with Crippen LogP contribution in [0.2, 0.25) is 0 Å². The molecule has 8 heteroatoms. The van der Waals surface area contributed by atoms with Gasteiger partial charge in [0.1, 0.15) is 5.76 Å². The van der Waals surface area contributed by atoms with Gasteiger partial charge in [0.2, 0.25) is 0 Å². The van der Waals surface area contributed by atoms with Gasteiger partial charge in [0.15, 0.2) is 12.1 Å². The summed E-state index contributed by atoms with van der Waals surface area (Å²) in [5.74, 6) is -0.175. The molecule has 1 N–H and O–H groups in total. The number of halogens is 3. The van der Waals surface area contributed by atoms with Crippen LogP contribution >= 0.6 is 12.6 Å². The third-order valence-corrected chi connectivity index (χ3v) is 2.11. The molecule has 1 rings (SSSR count). The van der Waals surface area contributed by atoms with E-state index in [9.17, 15) is 18.0 Å². The van der Waals surface area contributed by atoms with Crippen LogP contribution in [0.15, 0.2) is 10.8 Å². The largest absolute Gasteiger partial charge is 0.448 e. The van der Waals surface area contributed by atoms with Crippen LogP contribution in [0.4, 0.5) is 13.2 Å². The van der Waals surface area contributed by atoms with Crippen molar-refractivity contribution in [1.29, 1.82) is 0 Å². The summed E-state index contributed by atoms with van der Waals surface area (Å²) >= 11 is 3.89. The maximum absolute atomic E-state index is 12.0. The Balaban J connectivity index is 2.62. The van der Waals surface area contributed by atoms with Crippen molar-refractivity contribution in [3.63, 3.8) is 0 Å². The molecule has 4 nitrogen and oxygen atoms in total. The van der Waals surface area contributed by atoms with Crippen LogP contribution in [-0.2, 0) is 6.42 Å². The number of alkyl halides is 3. The summed E-state index contributed by atoms with van der Waals surface area (Å²) in [5, 5.41) is 2.45. The van der Waals surface area contributed by atoms with Gasteiger partial charge >= 0.3 is 6.18 Å². The molecule has 0 aliphatic carbocycles. The summed E-state index contributed by atoms with van der Waals surface area (Å²) in [6, 6.07) is 0. The van der Waals surface area contributed by atoms with E-state index in [-0.39, 0.29) is 11.5 Å². The van der Waals surface area contributed by atoms with Gasteiger partial charge in [-0.05, 0) is 0 Å². The molecule has 0 saturated heterocycles. The van der Waals surface area contributed by atoms with Gasteiger partial charge in [-0.1, -0.05) is 0 Å². The van der Waals surface area contributed by atoms with Crippen molar-refractivity contribution in [3.05, 3.63) is 17.8 Å². The van der Waals surface area contributed by atoms with Gasteiger partial charge in [0.05, 0.1) is 6.42 Å². The predicted octanol–water partition coefficient (Wildman–Crippen LogP) is 1.83. The molecule has 0 aliphatic heterocycles. The van der Waals surface area contributed by atoms with E-state index in [0.29, 0.717) is 12.3 Å². The van der Waals surface area contributed by atoms with Crippen molar-refractivity contribution >= 4 is 18.5 Å². The highest BCUT2D eigenvalue weighted by atomic mass is 32.1. The zero-order valence-electron chi connectivity index (χ0n) is 8.75. The van der Waals surface area contributed by atoms with Crippen molar-refractivity contribution in [2.24, 2.45) is 0 Å². The SMILES string of the molecule is O=C(NCCS)c1ncoc1CCC(F)(F)F. The number of oxazole rings is 1. The number of hydrogen-bond acceptors (Lipinski definition) is 4. The topological polar surface area (TPSA) is 55.1 Å². The summed E-state index contributed by atoms with van der Waals surface area (Å²) in [4.78, 5) is 15.1. The molecule has 0 fully saturated rings. The maximum Gasteiger partial charge on any atom is 0.389 e. The lowest BCUT2D eigenvalue weighted by atomic mass is 10.2. The van der Waals surface area contributed by atoms with Crippen LogP contribution in [0.1, 0.15) is 22.7 Å². The Labute approximate surface area is 101 Å². The fraction of sp³-hybridized carbons (Fsp3) is 0.556. The Bertz CT molecular complexity index is 379. The summed E-state index contributed by atoms with van der Waals surface area (Å²) in [5.41, 5.74) is -0.101. The highest BCUT2D eigenvalue weighted by Crippen LogP contribution is 2.23. The van der Waals surface area contributed by atoms with E-state index in [1.807, 2.05) is 0 Å². The third-order valence-electron chi connectivity index (χ3n) is 1.89. The van der Waals surface area contributed by atoms with Crippen molar-refractivity contribution in [3.8, 4) is 0 Å². The predicted molar refractivity (Wildman–Crippen MR) is 57.1 cm³/mol. The van der Waals surface area contributed by atoms with Crippen LogP contribution in [0.25, 0.3) is 0 Å². The summed E-state index contributed by atoms with van der Waals surface area (Å²) in [7, 11) is 0. The van der Waals surface area contributed by atoms with Crippen LogP contribution in [-0.4, -0.2) is 29.4 Å². The molecule has 1 amide bonds. The van der Waals surface area contributed by atoms with Crippen LogP contribution in [0.5, 0.6) is 0 Å². The number of nitrogens with one attached hydrogen (secondary N) is 1. The Hall–Kier alpha value is -1.18. The van der Waals surface area contributed by atoms with Gasteiger partial charge in [-0.25, -0.2) is 4.98 Å². The van der Waals surface area contributed by atoms with E-state index in [0.717, 1.165) is 6.39 Å². The van der Waals surface area contributed by atoms with Crippen molar-refractivity contribution in [2.75, 3.05) is 12.3 Å². The minimum absolute atomic E-state index is 0.0565. The molecule has 0 unspecified atom stereocenters. The molecule has 0 radical (unpaired) electrons. The molecular weight excluding hydrogens is 257 g/mol. The lowest BCUT2D eigenvalue weighted by molar-refractivity contribution is -0.134. The van der Waals surface area contributed by atoms with E-state index in [1.165, 1.54) is 0 Å². The number of carbonyl (C=O) groups excluding carboxylic acids is 1. The van der Waals surface area contributed by atoms with Gasteiger partial charge < -0.3 is 9.73 Å². The molecule has 0 saturated carbocycles. The minimum Gasteiger partial charge on any atom is -0.448 e. The Morgan fingerprint density at radius 3 is 2.82 bits per heavy atom. The molecule has 1 aromatic rings. The third kappa shape index (κ3) is 4.68. The number of carbonyl (C=O) groups is 1. The van der Waals surface area contributed by atoms with E-state index in [1.54, 1.807) is 0 Å². The second-order valence-electron chi connectivity index (χ2n) is 3.22. The van der Waals surface area contributed by atoms with Crippen molar-refractivity contribution in [2.45, 2.75) is 19.0 Å². The average Bonchev–Trinajstić information content (AvgIpc) is 2.70. The molecule has 96 valence electrons. The van der Waals surface area contributed by atoms with E-state index in [2.05, 4.69) is 22.9 Å². The molecule has 0 aliphatic rings. The number of amides is 1. The fourth-order valence-corrected chi connectivity index (χ4v) is 1.25. The average molecular weight is 268 g/mol. The maximum atomic E-state index is 12.0. The number of nitrogens with zero attached hydrogens (tertiary/aromatic N) is 1. The van der Waals surface area contributed by atoms with Crippen LogP contribution in [0, 0.1) is 0 Å². The van der Waals surface area contributed by atoms with Gasteiger partial charge in [-0.2, -0.15) is 25.8 Å². The number of thiol groups is 1. The summed E-state index contributed by atoms with van der Waals surface area (Å²) < 4.78 is 40.8. The quantitative estimate of drug-likeness (QED) is 0.801. The number of aryl methyl sites for hydroxylation is 1. The molecular formula is C9H11F3N2O2S. The molecule has 0 spiro atoms. The van der Waals surface area contributed by atoms with Crippen LogP contribution < -0.4 is 5.32 Å². The summed E-state index contributed by atoms with van der Waals surface area (Å²) in [6.07, 6.45) is -4.77. The first-order valence-corrected chi connectivity index (χ1v) is 5.45. The first kappa shape index (κ1) is 13.9. The first-order chi connectivity index (χ1) is 7.94. The fourth-order valence-electron chi connectivity index (χ4n) is 1.14. The van der Waals surface area contributed by atoms with Gasteiger partial charge in [0, 0.05) is 18.7 Å². The Morgan fingerprint density at radius 2 is 2.24 bits per heavy atom. The second kappa shape index (κ2) is 5.95. The number of hydrogen-bond donors (Lipinski definition) is 2. The molecule has 17 heavy (non-hydrogen) atoms. The van der Waals surface area contributed by atoms with Gasteiger partial charge in [0.25, 0.3) is 5.91 Å². The number of aromatic nitrogens is 1. The summed E-state index contributed by atoms with van der Waals surface area (Å²) in [6.45, 7) is 0.313. The lowest BCUT2D eigenvalue weighted by Gasteiger charge is -2.05. The highest BCUT2D eigenvalue weighted by molar-refractivity contribution is 7.80. The number of rotatable bonds is 5. The Morgan fingerprint density at radius 1 is 1.53 bits per heavy atom. The standard InChI is InChI=1S/C9H11F3N2O2S/c10-9(11,12)2-1-6-7(14-5-16-6)8(15)13-3-4-17/h5,17H,1-4H2,(H,13,15). The first-order valence-electron chi connectivity index (χ1n) is 4.82. The van der Waals surface area contributed by atoms with E-state index < -0.39 is 24.9 Å². The molecule has 0 atom stereocenters. The normalized spacial score (nSPS) is 11.5.